The van der Waals surface area contributed by atoms with E-state index in [0.717, 1.165) is 17.9 Å². The molecule has 0 unspecified atom stereocenters. The van der Waals surface area contributed by atoms with Gasteiger partial charge in [0.05, 0.1) is 5.56 Å². The topological polar surface area (TPSA) is 77.2 Å². The van der Waals surface area contributed by atoms with Crippen LogP contribution in [0.2, 0.25) is 0 Å². The summed E-state index contributed by atoms with van der Waals surface area (Å²) in [6.45, 7) is 7.11. The molecule has 112 valence electrons. The number of benzene rings is 1. The van der Waals surface area contributed by atoms with Crippen LogP contribution >= 0.6 is 0 Å². The number of aromatic carboxylic acids is 1. The van der Waals surface area contributed by atoms with Gasteiger partial charge in [0.2, 0.25) is 0 Å². The lowest BCUT2D eigenvalue weighted by atomic mass is 10.1. The molecule has 0 saturated heterocycles. The zero-order valence-electron chi connectivity index (χ0n) is 12.4. The molecular weight excluding hydrogens is 270 g/mol. The zero-order chi connectivity index (χ0) is 15.4. The van der Waals surface area contributed by atoms with Crippen molar-refractivity contribution in [1.29, 1.82) is 0 Å². The van der Waals surface area contributed by atoms with E-state index in [2.05, 4.69) is 23.9 Å². The van der Waals surface area contributed by atoms with Gasteiger partial charge in [0, 0.05) is 6.54 Å². The van der Waals surface area contributed by atoms with Crippen molar-refractivity contribution >= 4 is 5.97 Å². The van der Waals surface area contributed by atoms with Gasteiger partial charge in [0.1, 0.15) is 18.7 Å². The Balaban J connectivity index is 2.11. The molecule has 1 aromatic carbocycles. The predicted molar refractivity (Wildman–Crippen MR) is 77.3 cm³/mol. The summed E-state index contributed by atoms with van der Waals surface area (Å²) in [5.41, 5.74) is 1.09. The fourth-order valence-electron chi connectivity index (χ4n) is 1.93. The maximum absolute atomic E-state index is 11.0. The van der Waals surface area contributed by atoms with E-state index in [-0.39, 0.29) is 12.2 Å². The van der Waals surface area contributed by atoms with Gasteiger partial charge in [-0.3, -0.25) is 0 Å². The highest BCUT2D eigenvalue weighted by molar-refractivity contribution is 5.88. The third-order valence-corrected chi connectivity index (χ3v) is 3.03. The summed E-state index contributed by atoms with van der Waals surface area (Å²) < 4.78 is 7.51. The number of carboxylic acid groups (broad SMARTS) is 1. The Kier molecular flexibility index (Phi) is 4.57. The molecule has 2 rings (SSSR count). The summed E-state index contributed by atoms with van der Waals surface area (Å²) in [7, 11) is 0. The number of ether oxygens (including phenoxy) is 1. The highest BCUT2D eigenvalue weighted by atomic mass is 16.5. The molecule has 0 aliphatic carbocycles. The Morgan fingerprint density at radius 3 is 2.86 bits per heavy atom. The summed E-state index contributed by atoms with van der Waals surface area (Å²) in [6.07, 6.45) is 1.50. The minimum Gasteiger partial charge on any atom is -0.485 e. The second-order valence-electron chi connectivity index (χ2n) is 5.33. The maximum atomic E-state index is 11.0. The van der Waals surface area contributed by atoms with Crippen molar-refractivity contribution in [1.82, 2.24) is 14.8 Å². The van der Waals surface area contributed by atoms with Crippen LogP contribution in [0.1, 0.15) is 35.6 Å². The second kappa shape index (κ2) is 6.39. The Bertz CT molecular complexity index is 635. The van der Waals surface area contributed by atoms with Gasteiger partial charge >= 0.3 is 5.97 Å². The molecule has 0 aliphatic heterocycles. The number of nitrogens with zero attached hydrogens (tertiary/aromatic N) is 3. The van der Waals surface area contributed by atoms with Crippen LogP contribution in [-0.4, -0.2) is 25.8 Å². The van der Waals surface area contributed by atoms with Crippen molar-refractivity contribution in [2.45, 2.75) is 33.9 Å². The Hall–Kier alpha value is -2.37. The normalized spacial score (nSPS) is 10.9. The van der Waals surface area contributed by atoms with Crippen molar-refractivity contribution in [2.24, 2.45) is 5.92 Å². The van der Waals surface area contributed by atoms with Gasteiger partial charge in [-0.25, -0.2) is 14.5 Å². The molecule has 6 heteroatoms. The van der Waals surface area contributed by atoms with Gasteiger partial charge in [-0.05, 0) is 30.5 Å². The van der Waals surface area contributed by atoms with Gasteiger partial charge in [-0.1, -0.05) is 19.9 Å². The van der Waals surface area contributed by atoms with Crippen molar-refractivity contribution in [2.75, 3.05) is 0 Å². The Morgan fingerprint density at radius 1 is 1.43 bits per heavy atom. The molecule has 0 aliphatic rings. The van der Waals surface area contributed by atoms with Gasteiger partial charge in [0.25, 0.3) is 0 Å². The van der Waals surface area contributed by atoms with Gasteiger partial charge in [-0.2, -0.15) is 5.10 Å². The molecule has 1 aromatic heterocycles. The van der Waals surface area contributed by atoms with Crippen LogP contribution in [-0.2, 0) is 13.2 Å². The van der Waals surface area contributed by atoms with Crippen LogP contribution in [0.15, 0.2) is 24.5 Å². The van der Waals surface area contributed by atoms with Crippen molar-refractivity contribution < 1.29 is 14.6 Å². The first kappa shape index (κ1) is 15.0. The second-order valence-corrected chi connectivity index (χ2v) is 5.33. The summed E-state index contributed by atoms with van der Waals surface area (Å²) >= 11 is 0. The standard InChI is InChI=1S/C15H19N3O3/c1-10(2)7-18-14(16-9-17-18)8-21-13-6-12(15(19)20)5-4-11(13)3/h4-6,9-10H,7-8H2,1-3H3,(H,19,20). The first-order valence-corrected chi connectivity index (χ1v) is 6.80. The minimum atomic E-state index is -0.970. The summed E-state index contributed by atoms with van der Waals surface area (Å²) in [5, 5.41) is 13.2. The third kappa shape index (κ3) is 3.81. The zero-order valence-corrected chi connectivity index (χ0v) is 12.4. The minimum absolute atomic E-state index is 0.208. The largest absolute Gasteiger partial charge is 0.485 e. The molecule has 0 spiro atoms. The number of aryl methyl sites for hydroxylation is 1. The molecule has 21 heavy (non-hydrogen) atoms. The van der Waals surface area contributed by atoms with Crippen LogP contribution in [0.4, 0.5) is 0 Å². The van der Waals surface area contributed by atoms with Crippen LogP contribution in [0, 0.1) is 12.8 Å². The Labute approximate surface area is 123 Å². The molecule has 1 N–H and O–H groups in total. The van der Waals surface area contributed by atoms with E-state index >= 15 is 0 Å². The third-order valence-electron chi connectivity index (χ3n) is 3.03. The van der Waals surface area contributed by atoms with E-state index in [9.17, 15) is 4.79 Å². The summed E-state index contributed by atoms with van der Waals surface area (Å²) in [4.78, 5) is 15.2. The van der Waals surface area contributed by atoms with Crippen molar-refractivity contribution in [3.05, 3.63) is 41.5 Å². The fourth-order valence-corrected chi connectivity index (χ4v) is 1.93. The highest BCUT2D eigenvalue weighted by Crippen LogP contribution is 2.20. The molecule has 0 amide bonds. The molecule has 0 fully saturated rings. The van der Waals surface area contributed by atoms with Crippen LogP contribution in [0.5, 0.6) is 5.75 Å². The van der Waals surface area contributed by atoms with Crippen LogP contribution < -0.4 is 4.74 Å². The average Bonchev–Trinajstić information content (AvgIpc) is 2.84. The number of carbonyl (C=O) groups is 1. The number of hydrogen-bond donors (Lipinski definition) is 1. The lowest BCUT2D eigenvalue weighted by Crippen LogP contribution is -2.12. The van der Waals surface area contributed by atoms with E-state index < -0.39 is 5.97 Å². The molecular formula is C15H19N3O3. The SMILES string of the molecule is Cc1ccc(C(=O)O)cc1OCc1ncnn1CC(C)C. The lowest BCUT2D eigenvalue weighted by Gasteiger charge is -2.11. The van der Waals surface area contributed by atoms with Gasteiger partial charge in [-0.15, -0.1) is 0 Å². The molecule has 0 bridgehead atoms. The Morgan fingerprint density at radius 2 is 2.19 bits per heavy atom. The maximum Gasteiger partial charge on any atom is 0.335 e. The summed E-state index contributed by atoms with van der Waals surface area (Å²) in [5.74, 6) is 0.767. The van der Waals surface area contributed by atoms with Crippen LogP contribution in [0.25, 0.3) is 0 Å². The fraction of sp³-hybridized carbons (Fsp3) is 0.400. The van der Waals surface area contributed by atoms with Gasteiger partial charge in [0.15, 0.2) is 5.82 Å². The molecule has 0 radical (unpaired) electrons. The smallest absolute Gasteiger partial charge is 0.335 e. The number of rotatable bonds is 6. The quantitative estimate of drug-likeness (QED) is 0.884. The number of hydrogen-bond acceptors (Lipinski definition) is 4. The molecule has 0 saturated carbocycles. The average molecular weight is 289 g/mol. The molecule has 2 aromatic rings. The van der Waals surface area contributed by atoms with Crippen LogP contribution in [0.3, 0.4) is 0 Å². The van der Waals surface area contributed by atoms with E-state index in [1.165, 1.54) is 12.4 Å². The van der Waals surface area contributed by atoms with E-state index in [1.54, 1.807) is 16.8 Å². The van der Waals surface area contributed by atoms with E-state index in [0.29, 0.717) is 11.7 Å². The van der Waals surface area contributed by atoms with E-state index in [4.69, 9.17) is 9.84 Å². The molecule has 1 heterocycles. The molecule has 0 atom stereocenters. The number of aromatic nitrogens is 3. The molecule has 6 nitrogen and oxygen atoms in total. The monoisotopic (exact) mass is 289 g/mol. The first-order valence-electron chi connectivity index (χ1n) is 6.80. The first-order chi connectivity index (χ1) is 9.97. The van der Waals surface area contributed by atoms with E-state index in [1.807, 2.05) is 6.92 Å². The predicted octanol–water partition coefficient (Wildman–Crippen LogP) is 2.52. The summed E-state index contributed by atoms with van der Waals surface area (Å²) in [6, 6.07) is 4.82. The van der Waals surface area contributed by atoms with Crippen molar-refractivity contribution in [3.8, 4) is 5.75 Å². The van der Waals surface area contributed by atoms with Gasteiger partial charge < -0.3 is 9.84 Å². The number of carboxylic acids is 1. The lowest BCUT2D eigenvalue weighted by molar-refractivity contribution is 0.0696. The highest BCUT2D eigenvalue weighted by Gasteiger charge is 2.10. The van der Waals surface area contributed by atoms with Crippen molar-refractivity contribution in [3.63, 3.8) is 0 Å².